The van der Waals surface area contributed by atoms with Crippen LogP contribution in [0.1, 0.15) is 31.7 Å². The van der Waals surface area contributed by atoms with Crippen molar-refractivity contribution in [2.75, 3.05) is 33.4 Å². The van der Waals surface area contributed by atoms with Gasteiger partial charge in [0.2, 0.25) is 5.88 Å². The number of nitrogens with one attached hydrogen (secondary N) is 2. The molecule has 0 atom stereocenters. The van der Waals surface area contributed by atoms with E-state index in [1.807, 2.05) is 19.1 Å². The van der Waals surface area contributed by atoms with E-state index in [0.29, 0.717) is 19.0 Å². The van der Waals surface area contributed by atoms with Gasteiger partial charge in [-0.25, -0.2) is 4.98 Å². The summed E-state index contributed by atoms with van der Waals surface area (Å²) in [4.78, 5) is 8.39. The van der Waals surface area contributed by atoms with Crippen molar-refractivity contribution in [3.05, 3.63) is 23.9 Å². The first-order valence-corrected chi connectivity index (χ1v) is 8.41. The minimum atomic E-state index is 0. The molecule has 1 aliphatic carbocycles. The van der Waals surface area contributed by atoms with Crippen molar-refractivity contribution in [3.8, 4) is 5.88 Å². The molecule has 0 unspecified atom stereocenters. The van der Waals surface area contributed by atoms with E-state index in [2.05, 4.69) is 20.6 Å². The summed E-state index contributed by atoms with van der Waals surface area (Å²) in [5.41, 5.74) is 1.11. The van der Waals surface area contributed by atoms with Crippen LogP contribution in [0.25, 0.3) is 0 Å². The minimum absolute atomic E-state index is 0. The fourth-order valence-electron chi connectivity index (χ4n) is 2.11. The van der Waals surface area contributed by atoms with Crippen molar-refractivity contribution in [2.24, 2.45) is 10.9 Å². The predicted molar refractivity (Wildman–Crippen MR) is 107 cm³/mol. The highest BCUT2D eigenvalue weighted by molar-refractivity contribution is 14.0. The molecule has 0 amide bonds. The molecule has 1 heterocycles. The average Bonchev–Trinajstić information content (AvgIpc) is 3.38. The van der Waals surface area contributed by atoms with E-state index in [1.165, 1.54) is 12.8 Å². The maximum absolute atomic E-state index is 5.62. The number of pyridine rings is 1. The quantitative estimate of drug-likeness (QED) is 0.249. The van der Waals surface area contributed by atoms with Gasteiger partial charge in [-0.15, -0.1) is 24.0 Å². The van der Waals surface area contributed by atoms with Crippen LogP contribution in [-0.2, 0) is 11.3 Å². The van der Waals surface area contributed by atoms with Crippen LogP contribution in [0.3, 0.4) is 0 Å². The summed E-state index contributed by atoms with van der Waals surface area (Å²) in [7, 11) is 1.77. The molecule has 24 heavy (non-hydrogen) atoms. The summed E-state index contributed by atoms with van der Waals surface area (Å²) < 4.78 is 11.0. The summed E-state index contributed by atoms with van der Waals surface area (Å²) in [6.07, 6.45) is 5.43. The van der Waals surface area contributed by atoms with Gasteiger partial charge in [0.25, 0.3) is 0 Å². The molecular formula is C17H29IN4O2. The number of halogens is 1. The van der Waals surface area contributed by atoms with Crippen molar-refractivity contribution in [2.45, 2.75) is 32.7 Å². The molecule has 1 aromatic rings. The molecule has 1 fully saturated rings. The second-order valence-electron chi connectivity index (χ2n) is 5.66. The summed E-state index contributed by atoms with van der Waals surface area (Å²) in [6.45, 7) is 5.84. The number of rotatable bonds is 10. The molecule has 0 radical (unpaired) electrons. The van der Waals surface area contributed by atoms with Crippen LogP contribution in [0.4, 0.5) is 0 Å². The fourth-order valence-corrected chi connectivity index (χ4v) is 2.11. The summed E-state index contributed by atoms with van der Waals surface area (Å²) in [6, 6.07) is 3.91. The van der Waals surface area contributed by atoms with E-state index in [4.69, 9.17) is 9.47 Å². The Hall–Kier alpha value is -1.09. The first-order valence-electron chi connectivity index (χ1n) is 8.41. The summed E-state index contributed by atoms with van der Waals surface area (Å²) >= 11 is 0. The number of guanidine groups is 1. The van der Waals surface area contributed by atoms with Crippen LogP contribution in [0.2, 0.25) is 0 Å². The molecule has 0 aliphatic heterocycles. The maximum atomic E-state index is 5.62. The third-order valence-corrected chi connectivity index (χ3v) is 3.58. The lowest BCUT2D eigenvalue weighted by Gasteiger charge is -2.12. The van der Waals surface area contributed by atoms with Gasteiger partial charge in [0.1, 0.15) is 0 Å². The van der Waals surface area contributed by atoms with Crippen LogP contribution in [0, 0.1) is 5.92 Å². The zero-order valence-corrected chi connectivity index (χ0v) is 16.9. The molecule has 7 heteroatoms. The first-order chi connectivity index (χ1) is 11.3. The Bertz CT molecular complexity index is 495. The number of aromatic nitrogens is 1. The smallest absolute Gasteiger partial charge is 0.213 e. The highest BCUT2D eigenvalue weighted by Gasteiger charge is 2.20. The zero-order chi connectivity index (χ0) is 16.3. The highest BCUT2D eigenvalue weighted by atomic mass is 127. The van der Waals surface area contributed by atoms with Gasteiger partial charge in [-0.1, -0.05) is 0 Å². The third kappa shape index (κ3) is 8.68. The molecule has 6 nitrogen and oxygen atoms in total. The van der Waals surface area contributed by atoms with E-state index >= 15 is 0 Å². The van der Waals surface area contributed by atoms with E-state index < -0.39 is 0 Å². The van der Waals surface area contributed by atoms with Crippen LogP contribution < -0.4 is 15.4 Å². The number of ether oxygens (including phenoxy) is 2. The van der Waals surface area contributed by atoms with Gasteiger partial charge >= 0.3 is 0 Å². The molecule has 2 rings (SSSR count). The molecule has 0 bridgehead atoms. The Morgan fingerprint density at radius 3 is 2.92 bits per heavy atom. The third-order valence-electron chi connectivity index (χ3n) is 3.58. The molecule has 0 spiro atoms. The van der Waals surface area contributed by atoms with Crippen LogP contribution >= 0.6 is 24.0 Å². The molecule has 0 saturated heterocycles. The zero-order valence-electron chi connectivity index (χ0n) is 14.6. The van der Waals surface area contributed by atoms with Gasteiger partial charge < -0.3 is 20.1 Å². The van der Waals surface area contributed by atoms with Crippen LogP contribution in [-0.4, -0.2) is 44.4 Å². The second kappa shape index (κ2) is 12.3. The molecule has 2 N–H and O–H groups in total. The molecule has 1 aliphatic rings. The monoisotopic (exact) mass is 448 g/mol. The van der Waals surface area contributed by atoms with Gasteiger partial charge in [-0.05, 0) is 43.7 Å². The highest BCUT2D eigenvalue weighted by Crippen LogP contribution is 2.28. The Kier molecular flexibility index (Phi) is 10.7. The van der Waals surface area contributed by atoms with Crippen molar-refractivity contribution >= 4 is 29.9 Å². The molecule has 136 valence electrons. The predicted octanol–water partition coefficient (Wildman–Crippen LogP) is 2.58. The number of hydrogen-bond donors (Lipinski definition) is 2. The lowest BCUT2D eigenvalue weighted by atomic mass is 10.2. The fraction of sp³-hybridized carbons (Fsp3) is 0.647. The van der Waals surface area contributed by atoms with E-state index in [0.717, 1.165) is 43.6 Å². The molecular weight excluding hydrogens is 419 g/mol. The number of aliphatic imine (C=N–C) groups is 1. The van der Waals surface area contributed by atoms with Gasteiger partial charge in [-0.3, -0.25) is 4.99 Å². The standard InChI is InChI=1S/C17H28N4O2.HI/c1-3-23-16-11-15(7-9-19-16)12-21-17(18-2)20-8-4-10-22-13-14-5-6-14;/h7,9,11,14H,3-6,8,10,12-13H2,1-2H3,(H2,18,20,21);1H. The second-order valence-corrected chi connectivity index (χ2v) is 5.66. The van der Waals surface area contributed by atoms with E-state index in [-0.39, 0.29) is 24.0 Å². The number of hydrogen-bond acceptors (Lipinski definition) is 4. The molecule has 1 saturated carbocycles. The molecule has 0 aromatic carbocycles. The Morgan fingerprint density at radius 2 is 2.21 bits per heavy atom. The van der Waals surface area contributed by atoms with E-state index in [1.54, 1.807) is 13.2 Å². The lowest BCUT2D eigenvalue weighted by molar-refractivity contribution is 0.123. The van der Waals surface area contributed by atoms with Gasteiger partial charge in [-0.2, -0.15) is 0 Å². The topological polar surface area (TPSA) is 67.8 Å². The van der Waals surface area contributed by atoms with Gasteiger partial charge in [0.05, 0.1) is 6.61 Å². The van der Waals surface area contributed by atoms with Gasteiger partial charge in [0.15, 0.2) is 5.96 Å². The lowest BCUT2D eigenvalue weighted by Crippen LogP contribution is -2.37. The SMILES string of the molecule is CCOc1cc(CNC(=NC)NCCCOCC2CC2)ccn1.I. The Balaban J connectivity index is 0.00000288. The minimum Gasteiger partial charge on any atom is -0.478 e. The Labute approximate surface area is 161 Å². The van der Waals surface area contributed by atoms with Crippen molar-refractivity contribution < 1.29 is 9.47 Å². The summed E-state index contributed by atoms with van der Waals surface area (Å²) in [5, 5.41) is 6.58. The first kappa shape index (κ1) is 21.0. The number of nitrogens with zero attached hydrogens (tertiary/aromatic N) is 2. The maximum Gasteiger partial charge on any atom is 0.213 e. The van der Waals surface area contributed by atoms with E-state index in [9.17, 15) is 0 Å². The van der Waals surface area contributed by atoms with Crippen molar-refractivity contribution in [3.63, 3.8) is 0 Å². The molecule has 1 aromatic heterocycles. The summed E-state index contributed by atoms with van der Waals surface area (Å²) in [5.74, 6) is 2.28. The Morgan fingerprint density at radius 1 is 1.38 bits per heavy atom. The average molecular weight is 448 g/mol. The largest absolute Gasteiger partial charge is 0.478 e. The van der Waals surface area contributed by atoms with Crippen LogP contribution in [0.5, 0.6) is 5.88 Å². The van der Waals surface area contributed by atoms with Crippen LogP contribution in [0.15, 0.2) is 23.3 Å². The normalized spacial score (nSPS) is 14.0. The van der Waals surface area contributed by atoms with Crippen molar-refractivity contribution in [1.82, 2.24) is 15.6 Å². The van der Waals surface area contributed by atoms with Crippen molar-refractivity contribution in [1.29, 1.82) is 0 Å². The van der Waals surface area contributed by atoms with Gasteiger partial charge in [0, 0.05) is 45.6 Å².